The van der Waals surface area contributed by atoms with Crippen molar-refractivity contribution in [1.82, 2.24) is 0 Å². The molecule has 0 atom stereocenters. The first kappa shape index (κ1) is 21.7. The first-order valence-corrected chi connectivity index (χ1v) is 9.62. The fraction of sp³-hybridized carbons (Fsp3) is 0.143. The fourth-order valence-electron chi connectivity index (χ4n) is 3.09. The van der Waals surface area contributed by atoms with Crippen LogP contribution < -0.4 is 23.2 Å². The van der Waals surface area contributed by atoms with Crippen LogP contribution in [-0.4, -0.2) is 5.78 Å². The average Bonchev–Trinajstić information content (AvgIpc) is 2.60. The van der Waals surface area contributed by atoms with E-state index >= 15 is 0 Å². The molecule has 0 aliphatic heterocycles. The lowest BCUT2D eigenvalue weighted by Gasteiger charge is -2.17. The third-order valence-electron chi connectivity index (χ3n) is 4.00. The van der Waals surface area contributed by atoms with E-state index in [1.54, 1.807) is 0 Å². The van der Waals surface area contributed by atoms with Gasteiger partial charge in [-0.1, -0.05) is 42.5 Å². The molecule has 3 rings (SSSR count). The first-order valence-electron chi connectivity index (χ1n) is 8.38. The normalized spacial score (nSPS) is 10.8. The second-order valence-electron chi connectivity index (χ2n) is 6.24. The van der Waals surface area contributed by atoms with Crippen LogP contribution in [0.4, 0.5) is 0 Å². The Labute approximate surface area is 165 Å². The van der Waals surface area contributed by atoms with Crippen molar-refractivity contribution in [2.45, 2.75) is 20.8 Å². The van der Waals surface area contributed by atoms with E-state index in [1.165, 1.54) is 5.56 Å². The van der Waals surface area contributed by atoms with Crippen molar-refractivity contribution >= 4 is 5.78 Å². The van der Waals surface area contributed by atoms with Crippen LogP contribution in [0.5, 0.6) is 0 Å². The molecule has 0 saturated heterocycles. The van der Waals surface area contributed by atoms with Gasteiger partial charge >= 0.3 is 0 Å². The highest BCUT2D eigenvalue weighted by atomic mass is 35.7. The summed E-state index contributed by atoms with van der Waals surface area (Å²) in [5, 5.41) is 0. The van der Waals surface area contributed by atoms with Crippen molar-refractivity contribution in [2.24, 2.45) is 0 Å². The van der Waals surface area contributed by atoms with Crippen LogP contribution >= 0.6 is 0 Å². The summed E-state index contributed by atoms with van der Waals surface area (Å²) in [6.45, 7) is 6.24. The molecule has 28 heavy (non-hydrogen) atoms. The van der Waals surface area contributed by atoms with Crippen molar-refractivity contribution in [1.29, 1.82) is 0 Å². The molecule has 0 aliphatic rings. The van der Waals surface area contributed by atoms with Crippen molar-refractivity contribution < 1.29 is 38.2 Å². The summed E-state index contributed by atoms with van der Waals surface area (Å²) in [5.74, 6) is 0.0491. The minimum absolute atomic E-state index is 0.0491. The molecule has 0 N–H and O–H groups in total. The topological polar surface area (TPSA) is 113 Å². The molecule has 0 bridgehead atoms. The zero-order valence-corrected chi connectivity index (χ0v) is 16.5. The predicted octanol–water partition coefficient (Wildman–Crippen LogP) is -0.636. The third-order valence-corrected chi connectivity index (χ3v) is 4.00. The van der Waals surface area contributed by atoms with Gasteiger partial charge in [-0.05, 0) is 18.6 Å². The van der Waals surface area contributed by atoms with Crippen LogP contribution in [0.2, 0.25) is 0 Å². The molecular weight excluding hydrogens is 382 g/mol. The molecule has 0 spiro atoms. The highest BCUT2D eigenvalue weighted by Crippen LogP contribution is 2.16. The number of ketones is 1. The quantitative estimate of drug-likeness (QED) is 0.428. The van der Waals surface area contributed by atoms with Crippen LogP contribution in [-0.2, 0) is 0 Å². The van der Waals surface area contributed by atoms with Crippen LogP contribution in [0.25, 0.3) is 5.69 Å². The number of nitrogens with zero attached hydrogens (tertiary/aromatic N) is 1. The van der Waals surface area contributed by atoms with Gasteiger partial charge in [-0.25, -0.2) is 18.6 Å². The summed E-state index contributed by atoms with van der Waals surface area (Å²) in [6.07, 6.45) is 0. The summed E-state index contributed by atoms with van der Waals surface area (Å²) in [4.78, 5) is 12.9. The lowest BCUT2D eigenvalue weighted by Crippen LogP contribution is -2.68. The number of carbonyl (C=O) groups is 1. The highest BCUT2D eigenvalue weighted by Gasteiger charge is 2.23. The number of carbonyl (C=O) groups excluding carboxylic acids is 1. The Kier molecular flexibility index (Phi) is 7.01. The molecule has 0 radical (unpaired) electrons. The van der Waals surface area contributed by atoms with Crippen molar-refractivity contribution in [3.63, 3.8) is 0 Å². The molecular formula is C21H20ClNO5. The SMILES string of the molecule is Cc1cc(C)[n+](-c2ccccc2C(=O)c2ccccc2)c(C)c1.[O-][Cl+3]([O-])([O-])[O-]. The number of rotatable bonds is 3. The van der Waals surface area contributed by atoms with E-state index in [0.29, 0.717) is 5.56 Å². The van der Waals surface area contributed by atoms with Gasteiger partial charge in [0.25, 0.3) is 0 Å². The minimum Gasteiger partial charge on any atom is -0.288 e. The lowest BCUT2D eigenvalue weighted by atomic mass is 10.0. The van der Waals surface area contributed by atoms with Crippen LogP contribution in [0.1, 0.15) is 32.9 Å². The monoisotopic (exact) mass is 401 g/mol. The maximum atomic E-state index is 12.9. The second-order valence-corrected chi connectivity index (χ2v) is 7.00. The van der Waals surface area contributed by atoms with E-state index in [0.717, 1.165) is 22.6 Å². The summed E-state index contributed by atoms with van der Waals surface area (Å²) in [7, 11) is -4.94. The summed E-state index contributed by atoms with van der Waals surface area (Å²) >= 11 is 0. The molecule has 146 valence electrons. The van der Waals surface area contributed by atoms with Gasteiger partial charge in [0.15, 0.2) is 17.2 Å². The van der Waals surface area contributed by atoms with E-state index in [1.807, 2.05) is 54.6 Å². The lowest BCUT2D eigenvalue weighted by molar-refractivity contribution is -2.00. The van der Waals surface area contributed by atoms with Gasteiger partial charge in [-0.15, -0.1) is 10.2 Å². The zero-order chi connectivity index (χ0) is 20.9. The van der Waals surface area contributed by atoms with Crippen LogP contribution in [0.15, 0.2) is 66.7 Å². The number of hydrogen-bond acceptors (Lipinski definition) is 5. The molecule has 1 heterocycles. The Morgan fingerprint density at radius 3 is 1.79 bits per heavy atom. The van der Waals surface area contributed by atoms with Gasteiger partial charge in [0.05, 0.1) is 5.56 Å². The number of para-hydroxylation sites is 1. The van der Waals surface area contributed by atoms with Crippen molar-refractivity contribution in [3.05, 3.63) is 94.8 Å². The van der Waals surface area contributed by atoms with Gasteiger partial charge in [-0.3, -0.25) is 4.79 Å². The Morgan fingerprint density at radius 1 is 0.786 bits per heavy atom. The Hall–Kier alpha value is -2.61. The Balaban J connectivity index is 0.000000500. The predicted molar refractivity (Wildman–Crippen MR) is 92.1 cm³/mol. The molecule has 3 aromatic rings. The standard InChI is InChI=1S/C21H20NO.ClHO4/c1-15-13-16(2)22(17(3)14-15)20-12-8-7-11-19(20)21(23)18-9-5-4-6-10-18;2-1(3,4)5/h4-14H,1-3H3;(H,2,3,4,5)/q+1;/p-1. The number of aromatic nitrogens is 1. The molecule has 0 amide bonds. The van der Waals surface area contributed by atoms with Gasteiger partial charge < -0.3 is 0 Å². The summed E-state index contributed by atoms with van der Waals surface area (Å²) in [5.41, 5.74) is 5.83. The number of aryl methyl sites for hydroxylation is 3. The molecule has 0 unspecified atom stereocenters. The Bertz CT molecular complexity index is 939. The number of hydrogen-bond donors (Lipinski definition) is 0. The highest BCUT2D eigenvalue weighted by molar-refractivity contribution is 6.10. The average molecular weight is 402 g/mol. The van der Waals surface area contributed by atoms with Crippen LogP contribution in [0, 0.1) is 31.0 Å². The van der Waals surface area contributed by atoms with Gasteiger partial charge in [0, 0.05) is 37.6 Å². The van der Waals surface area contributed by atoms with Gasteiger partial charge in [0.2, 0.25) is 5.69 Å². The molecule has 0 aliphatic carbocycles. The third kappa shape index (κ3) is 5.95. The molecule has 1 aromatic heterocycles. The van der Waals surface area contributed by atoms with E-state index in [4.69, 9.17) is 18.6 Å². The second kappa shape index (κ2) is 9.05. The number of halogens is 1. The minimum atomic E-state index is -4.94. The molecule has 0 saturated carbocycles. The molecule has 7 heteroatoms. The van der Waals surface area contributed by atoms with Crippen LogP contribution in [0.3, 0.4) is 0 Å². The molecule has 2 aromatic carbocycles. The largest absolute Gasteiger partial charge is 0.288 e. The number of pyridine rings is 1. The maximum absolute atomic E-state index is 12.9. The zero-order valence-electron chi connectivity index (χ0n) is 15.7. The fourth-order valence-corrected chi connectivity index (χ4v) is 3.09. The van der Waals surface area contributed by atoms with E-state index in [2.05, 4.69) is 37.5 Å². The van der Waals surface area contributed by atoms with E-state index < -0.39 is 10.2 Å². The van der Waals surface area contributed by atoms with Gasteiger partial charge in [0.1, 0.15) is 0 Å². The van der Waals surface area contributed by atoms with Crippen molar-refractivity contribution in [3.8, 4) is 5.69 Å². The maximum Gasteiger partial charge on any atom is 0.222 e. The summed E-state index contributed by atoms with van der Waals surface area (Å²) < 4.78 is 36.1. The Morgan fingerprint density at radius 2 is 1.25 bits per heavy atom. The summed E-state index contributed by atoms with van der Waals surface area (Å²) in [6, 6.07) is 21.5. The first-order chi connectivity index (χ1) is 13.1. The molecule has 6 nitrogen and oxygen atoms in total. The van der Waals surface area contributed by atoms with Gasteiger partial charge in [-0.2, -0.15) is 4.57 Å². The van der Waals surface area contributed by atoms with E-state index in [9.17, 15) is 4.79 Å². The smallest absolute Gasteiger partial charge is 0.222 e. The van der Waals surface area contributed by atoms with E-state index in [-0.39, 0.29) is 5.78 Å². The molecule has 0 fully saturated rings. The number of benzene rings is 2. The van der Waals surface area contributed by atoms with Crippen molar-refractivity contribution in [2.75, 3.05) is 0 Å².